The molecule has 0 N–H and O–H groups in total. The number of benzene rings is 1. The zero-order valence-corrected chi connectivity index (χ0v) is 12.2. The first-order valence-electron chi connectivity index (χ1n) is 6.74. The lowest BCUT2D eigenvalue weighted by Crippen LogP contribution is -2.31. The van der Waals surface area contributed by atoms with Gasteiger partial charge in [-0.3, -0.25) is 0 Å². The molecule has 3 nitrogen and oxygen atoms in total. The van der Waals surface area contributed by atoms with Gasteiger partial charge < -0.3 is 9.30 Å². The van der Waals surface area contributed by atoms with E-state index in [0.717, 1.165) is 29.2 Å². The second kappa shape index (κ2) is 4.71. The number of rotatable bonds is 4. The predicted molar refractivity (Wildman–Crippen MR) is 77.8 cm³/mol. The SMILES string of the molecule is COc1ccc2nc(CCl)n(CC3(C)CCC3)c2c1. The van der Waals surface area contributed by atoms with Crippen LogP contribution in [-0.4, -0.2) is 16.7 Å². The molecule has 1 aromatic carbocycles. The highest BCUT2D eigenvalue weighted by Gasteiger charge is 2.33. The van der Waals surface area contributed by atoms with Gasteiger partial charge in [0.2, 0.25) is 0 Å². The number of imidazole rings is 1. The Bertz CT molecular complexity index is 601. The highest BCUT2D eigenvalue weighted by Crippen LogP contribution is 2.42. The van der Waals surface area contributed by atoms with E-state index in [2.05, 4.69) is 22.5 Å². The molecule has 0 saturated heterocycles. The van der Waals surface area contributed by atoms with Crippen molar-refractivity contribution in [1.82, 2.24) is 9.55 Å². The minimum Gasteiger partial charge on any atom is -0.497 e. The van der Waals surface area contributed by atoms with Crippen molar-refractivity contribution >= 4 is 22.6 Å². The first kappa shape index (κ1) is 12.8. The molecule has 1 aliphatic carbocycles. The molecule has 19 heavy (non-hydrogen) atoms. The summed E-state index contributed by atoms with van der Waals surface area (Å²) in [4.78, 5) is 4.62. The van der Waals surface area contributed by atoms with Crippen LogP contribution in [0.5, 0.6) is 5.75 Å². The Balaban J connectivity index is 2.08. The van der Waals surface area contributed by atoms with E-state index in [0.29, 0.717) is 11.3 Å². The second-order valence-electron chi connectivity index (χ2n) is 5.77. The largest absolute Gasteiger partial charge is 0.497 e. The summed E-state index contributed by atoms with van der Waals surface area (Å²) in [5.74, 6) is 2.28. The quantitative estimate of drug-likeness (QED) is 0.791. The summed E-state index contributed by atoms with van der Waals surface area (Å²) < 4.78 is 7.58. The van der Waals surface area contributed by atoms with Crippen molar-refractivity contribution in [3.63, 3.8) is 0 Å². The molecule has 1 aromatic heterocycles. The van der Waals surface area contributed by atoms with Gasteiger partial charge in [0.15, 0.2) is 0 Å². The van der Waals surface area contributed by atoms with Gasteiger partial charge in [0.05, 0.1) is 24.0 Å². The zero-order valence-electron chi connectivity index (χ0n) is 11.4. The highest BCUT2D eigenvalue weighted by molar-refractivity contribution is 6.16. The molecule has 2 aromatic rings. The number of nitrogens with zero attached hydrogens (tertiary/aromatic N) is 2. The summed E-state index contributed by atoms with van der Waals surface area (Å²) in [6.45, 7) is 3.35. The van der Waals surface area contributed by atoms with Crippen molar-refractivity contribution in [3.05, 3.63) is 24.0 Å². The molecule has 1 fully saturated rings. The third kappa shape index (κ3) is 2.20. The van der Waals surface area contributed by atoms with Crippen LogP contribution in [0.15, 0.2) is 18.2 Å². The third-order valence-corrected chi connectivity index (χ3v) is 4.49. The van der Waals surface area contributed by atoms with Crippen molar-refractivity contribution in [1.29, 1.82) is 0 Å². The maximum Gasteiger partial charge on any atom is 0.124 e. The molecule has 0 aliphatic heterocycles. The number of halogens is 1. The molecule has 0 radical (unpaired) electrons. The molecule has 0 amide bonds. The van der Waals surface area contributed by atoms with Crippen LogP contribution in [-0.2, 0) is 12.4 Å². The summed E-state index contributed by atoms with van der Waals surface area (Å²) in [6, 6.07) is 6.01. The first-order valence-corrected chi connectivity index (χ1v) is 7.28. The Morgan fingerprint density at radius 3 is 2.79 bits per heavy atom. The second-order valence-corrected chi connectivity index (χ2v) is 6.03. The fraction of sp³-hybridized carbons (Fsp3) is 0.533. The number of fused-ring (bicyclic) bond motifs is 1. The molecule has 1 heterocycles. The lowest BCUT2D eigenvalue weighted by molar-refractivity contribution is 0.133. The molecule has 0 bridgehead atoms. The van der Waals surface area contributed by atoms with Crippen LogP contribution >= 0.6 is 11.6 Å². The van der Waals surface area contributed by atoms with Gasteiger partial charge in [-0.25, -0.2) is 4.98 Å². The number of hydrogen-bond acceptors (Lipinski definition) is 2. The van der Waals surface area contributed by atoms with E-state index in [9.17, 15) is 0 Å². The van der Waals surface area contributed by atoms with Gasteiger partial charge in [0, 0.05) is 12.6 Å². The topological polar surface area (TPSA) is 27.1 Å². The first-order chi connectivity index (χ1) is 9.15. The molecule has 0 spiro atoms. The smallest absolute Gasteiger partial charge is 0.124 e. The van der Waals surface area contributed by atoms with Crippen LogP contribution in [0.1, 0.15) is 32.0 Å². The van der Waals surface area contributed by atoms with E-state index in [1.54, 1.807) is 7.11 Å². The molecular formula is C15H19ClN2O. The van der Waals surface area contributed by atoms with Crippen molar-refractivity contribution in [3.8, 4) is 5.75 Å². The zero-order chi connectivity index (χ0) is 13.5. The highest BCUT2D eigenvalue weighted by atomic mass is 35.5. The van der Waals surface area contributed by atoms with Gasteiger partial charge in [-0.1, -0.05) is 13.3 Å². The van der Waals surface area contributed by atoms with Crippen molar-refractivity contribution < 1.29 is 4.74 Å². The van der Waals surface area contributed by atoms with Gasteiger partial charge >= 0.3 is 0 Å². The molecule has 1 aliphatic rings. The van der Waals surface area contributed by atoms with E-state index < -0.39 is 0 Å². The summed E-state index contributed by atoms with van der Waals surface area (Å²) >= 11 is 6.05. The average molecular weight is 279 g/mol. The lowest BCUT2D eigenvalue weighted by atomic mass is 9.70. The monoisotopic (exact) mass is 278 g/mol. The normalized spacial score (nSPS) is 17.4. The van der Waals surface area contributed by atoms with Crippen LogP contribution in [0.4, 0.5) is 0 Å². The molecular weight excluding hydrogens is 260 g/mol. The predicted octanol–water partition coefficient (Wildman–Crippen LogP) is 3.97. The molecule has 0 unspecified atom stereocenters. The lowest BCUT2D eigenvalue weighted by Gasteiger charge is -2.39. The van der Waals surface area contributed by atoms with Crippen LogP contribution in [0.3, 0.4) is 0 Å². The Labute approximate surface area is 118 Å². The van der Waals surface area contributed by atoms with Crippen molar-refractivity contribution in [2.24, 2.45) is 5.41 Å². The molecule has 3 rings (SSSR count). The Kier molecular flexibility index (Phi) is 3.17. The fourth-order valence-corrected chi connectivity index (χ4v) is 3.08. The minimum absolute atomic E-state index is 0.400. The van der Waals surface area contributed by atoms with Crippen LogP contribution in [0, 0.1) is 5.41 Å². The maximum absolute atomic E-state index is 6.05. The summed E-state index contributed by atoms with van der Waals surface area (Å²) in [7, 11) is 1.69. The van der Waals surface area contributed by atoms with Gasteiger partial charge in [-0.2, -0.15) is 0 Å². The van der Waals surface area contributed by atoms with Gasteiger partial charge in [0.1, 0.15) is 11.6 Å². The third-order valence-electron chi connectivity index (χ3n) is 4.25. The van der Waals surface area contributed by atoms with E-state index in [1.165, 1.54) is 19.3 Å². The number of ether oxygens (including phenoxy) is 1. The van der Waals surface area contributed by atoms with E-state index >= 15 is 0 Å². The summed E-state index contributed by atoms with van der Waals surface area (Å²) in [6.07, 6.45) is 3.92. The number of aromatic nitrogens is 2. The summed E-state index contributed by atoms with van der Waals surface area (Å²) in [5.41, 5.74) is 2.53. The van der Waals surface area contributed by atoms with E-state index in [1.807, 2.05) is 12.1 Å². The van der Waals surface area contributed by atoms with E-state index in [4.69, 9.17) is 16.3 Å². The number of alkyl halides is 1. The fourth-order valence-electron chi connectivity index (χ4n) is 2.88. The van der Waals surface area contributed by atoms with Gasteiger partial charge in [0.25, 0.3) is 0 Å². The van der Waals surface area contributed by atoms with Crippen LogP contribution in [0.2, 0.25) is 0 Å². The number of hydrogen-bond donors (Lipinski definition) is 0. The Morgan fingerprint density at radius 2 is 2.21 bits per heavy atom. The average Bonchev–Trinajstić information content (AvgIpc) is 2.74. The van der Waals surface area contributed by atoms with Crippen molar-refractivity contribution in [2.45, 2.75) is 38.6 Å². The van der Waals surface area contributed by atoms with Gasteiger partial charge in [-0.15, -0.1) is 11.6 Å². The number of methoxy groups -OCH3 is 1. The van der Waals surface area contributed by atoms with Crippen molar-refractivity contribution in [2.75, 3.05) is 7.11 Å². The van der Waals surface area contributed by atoms with Gasteiger partial charge in [-0.05, 0) is 30.4 Å². The molecule has 102 valence electrons. The van der Waals surface area contributed by atoms with E-state index in [-0.39, 0.29) is 0 Å². The summed E-state index contributed by atoms with van der Waals surface area (Å²) in [5, 5.41) is 0. The Morgan fingerprint density at radius 1 is 1.42 bits per heavy atom. The molecule has 1 saturated carbocycles. The maximum atomic E-state index is 6.05. The molecule has 0 atom stereocenters. The molecule has 4 heteroatoms. The Hall–Kier alpha value is -1.22. The minimum atomic E-state index is 0.400. The van der Waals surface area contributed by atoms with Crippen LogP contribution in [0.25, 0.3) is 11.0 Å². The standard InChI is InChI=1S/C15H19ClN2O/c1-15(6-3-7-15)10-18-13-8-11(19-2)4-5-12(13)17-14(18)9-16/h4-5,8H,3,6-7,9-10H2,1-2H3. The van der Waals surface area contributed by atoms with Crippen LogP contribution < -0.4 is 4.74 Å².